The molecule has 0 heterocycles. The number of fused-ring (bicyclic) bond motifs is 1. The lowest BCUT2D eigenvalue weighted by molar-refractivity contribution is -0.121. The van der Waals surface area contributed by atoms with Gasteiger partial charge in [0.15, 0.2) is 0 Å². The fraction of sp³-hybridized carbons (Fsp3) is 0.263. The van der Waals surface area contributed by atoms with E-state index in [4.69, 9.17) is 0 Å². The summed E-state index contributed by atoms with van der Waals surface area (Å²) in [5.41, 5.74) is 8.64. The minimum Gasteiger partial charge on any atom is -0.273 e. The normalized spacial score (nSPS) is 13.0. The molecule has 0 atom stereocenters. The van der Waals surface area contributed by atoms with Crippen molar-refractivity contribution in [2.75, 3.05) is 0 Å². The molecule has 4 nitrogen and oxygen atoms in total. The molecule has 0 aliphatic heterocycles. The van der Waals surface area contributed by atoms with Crippen molar-refractivity contribution >= 4 is 11.8 Å². The van der Waals surface area contributed by atoms with Gasteiger partial charge in [0.25, 0.3) is 5.91 Å². The van der Waals surface area contributed by atoms with E-state index < -0.39 is 11.7 Å². The Labute approximate surface area is 140 Å². The Bertz CT molecular complexity index is 756. The molecule has 0 bridgehead atoms. The molecule has 2 N–H and O–H groups in total. The Morgan fingerprint density at radius 1 is 0.917 bits per heavy atom. The first-order valence-corrected chi connectivity index (χ1v) is 8.07. The van der Waals surface area contributed by atoms with Gasteiger partial charge >= 0.3 is 0 Å². The summed E-state index contributed by atoms with van der Waals surface area (Å²) in [6, 6.07) is 11.3. The molecule has 2 aromatic carbocycles. The number of carbonyl (C=O) groups is 2. The number of aryl methyl sites for hydroxylation is 2. The zero-order valence-corrected chi connectivity index (χ0v) is 13.3. The Kier molecular flexibility index (Phi) is 4.89. The molecule has 1 aliphatic carbocycles. The molecule has 0 fully saturated rings. The van der Waals surface area contributed by atoms with Crippen LogP contribution in [0.3, 0.4) is 0 Å². The van der Waals surface area contributed by atoms with Gasteiger partial charge < -0.3 is 0 Å². The second-order valence-corrected chi connectivity index (χ2v) is 6.00. The third-order valence-electron chi connectivity index (χ3n) is 4.20. The highest BCUT2D eigenvalue weighted by atomic mass is 19.1. The van der Waals surface area contributed by atoms with Gasteiger partial charge in [-0.1, -0.05) is 18.2 Å². The van der Waals surface area contributed by atoms with E-state index in [9.17, 15) is 14.0 Å². The van der Waals surface area contributed by atoms with Crippen molar-refractivity contribution in [2.45, 2.75) is 32.1 Å². The van der Waals surface area contributed by atoms with Crippen molar-refractivity contribution in [1.82, 2.24) is 10.9 Å². The summed E-state index contributed by atoms with van der Waals surface area (Å²) in [5, 5.41) is 0. The number of hydrazine groups is 1. The Morgan fingerprint density at radius 3 is 2.38 bits per heavy atom. The van der Waals surface area contributed by atoms with Crippen molar-refractivity contribution in [3.63, 3.8) is 0 Å². The minimum absolute atomic E-state index is 0.205. The third-order valence-corrected chi connectivity index (χ3v) is 4.20. The zero-order valence-electron chi connectivity index (χ0n) is 13.3. The van der Waals surface area contributed by atoms with Gasteiger partial charge in [-0.2, -0.15) is 0 Å². The number of hydrogen-bond acceptors (Lipinski definition) is 2. The van der Waals surface area contributed by atoms with Crippen LogP contribution in [0.25, 0.3) is 0 Å². The van der Waals surface area contributed by atoms with Crippen LogP contribution in [-0.2, 0) is 24.1 Å². The van der Waals surface area contributed by atoms with Crippen LogP contribution < -0.4 is 10.9 Å². The molecule has 0 saturated carbocycles. The maximum atomic E-state index is 12.8. The average Bonchev–Trinajstić information content (AvgIpc) is 2.60. The first-order valence-electron chi connectivity index (χ1n) is 8.07. The van der Waals surface area contributed by atoms with E-state index in [0.29, 0.717) is 0 Å². The molecule has 1 aliphatic rings. The third kappa shape index (κ3) is 3.98. The average molecular weight is 326 g/mol. The molecule has 2 aromatic rings. The highest BCUT2D eigenvalue weighted by molar-refractivity contribution is 5.95. The highest BCUT2D eigenvalue weighted by Crippen LogP contribution is 2.22. The van der Waals surface area contributed by atoms with Gasteiger partial charge in [-0.3, -0.25) is 20.4 Å². The summed E-state index contributed by atoms with van der Waals surface area (Å²) >= 11 is 0. The first kappa shape index (κ1) is 16.2. The van der Waals surface area contributed by atoms with Gasteiger partial charge in [0, 0.05) is 5.56 Å². The molecular weight excluding hydrogens is 307 g/mol. The largest absolute Gasteiger partial charge is 0.273 e. The van der Waals surface area contributed by atoms with Crippen LogP contribution in [0.2, 0.25) is 0 Å². The van der Waals surface area contributed by atoms with Gasteiger partial charge in [0.05, 0.1) is 6.42 Å². The second kappa shape index (κ2) is 7.25. The number of amides is 2. The topological polar surface area (TPSA) is 58.2 Å². The Morgan fingerprint density at radius 2 is 1.62 bits per heavy atom. The fourth-order valence-corrected chi connectivity index (χ4v) is 2.93. The number of hydrogen-bond donors (Lipinski definition) is 2. The van der Waals surface area contributed by atoms with Crippen LogP contribution in [0.15, 0.2) is 42.5 Å². The molecule has 0 radical (unpaired) electrons. The number of carbonyl (C=O) groups excluding carboxylic acids is 2. The van der Waals surface area contributed by atoms with Crippen LogP contribution in [0, 0.1) is 5.82 Å². The van der Waals surface area contributed by atoms with E-state index in [0.717, 1.165) is 18.4 Å². The van der Waals surface area contributed by atoms with E-state index in [1.54, 1.807) is 0 Å². The lowest BCUT2D eigenvalue weighted by atomic mass is 9.90. The van der Waals surface area contributed by atoms with E-state index in [1.807, 2.05) is 6.07 Å². The standard InChI is InChI=1S/C19H19FN2O2/c20-17-9-7-15(8-10-17)19(24)22-21-18(23)12-13-5-6-14-3-1-2-4-16(14)11-13/h5-11H,1-4,12H2,(H,21,23)(H,22,24). The summed E-state index contributed by atoms with van der Waals surface area (Å²) in [4.78, 5) is 23.8. The Hall–Kier alpha value is -2.69. The van der Waals surface area contributed by atoms with Gasteiger partial charge in [0.2, 0.25) is 5.91 Å². The van der Waals surface area contributed by atoms with Crippen LogP contribution in [0.4, 0.5) is 4.39 Å². The van der Waals surface area contributed by atoms with Gasteiger partial charge in [-0.15, -0.1) is 0 Å². The molecule has 0 aromatic heterocycles. The molecule has 0 unspecified atom stereocenters. The SMILES string of the molecule is O=C(Cc1ccc2c(c1)CCCC2)NNC(=O)c1ccc(F)cc1. The maximum absolute atomic E-state index is 12.8. The molecule has 24 heavy (non-hydrogen) atoms. The lowest BCUT2D eigenvalue weighted by Gasteiger charge is -2.16. The van der Waals surface area contributed by atoms with Gasteiger partial charge in [0.1, 0.15) is 5.82 Å². The Balaban J connectivity index is 1.54. The van der Waals surface area contributed by atoms with Crippen molar-refractivity contribution in [3.8, 4) is 0 Å². The number of nitrogens with one attached hydrogen (secondary N) is 2. The number of benzene rings is 2. The highest BCUT2D eigenvalue weighted by Gasteiger charge is 2.12. The smallest absolute Gasteiger partial charge is 0.269 e. The van der Waals surface area contributed by atoms with E-state index in [-0.39, 0.29) is 17.9 Å². The van der Waals surface area contributed by atoms with Crippen molar-refractivity contribution in [1.29, 1.82) is 0 Å². The fourth-order valence-electron chi connectivity index (χ4n) is 2.93. The summed E-state index contributed by atoms with van der Waals surface area (Å²) in [7, 11) is 0. The van der Waals surface area contributed by atoms with Crippen molar-refractivity contribution in [3.05, 3.63) is 70.5 Å². The molecule has 124 valence electrons. The van der Waals surface area contributed by atoms with Crippen molar-refractivity contribution < 1.29 is 14.0 Å². The maximum Gasteiger partial charge on any atom is 0.269 e. The second-order valence-electron chi connectivity index (χ2n) is 6.00. The number of halogens is 1. The zero-order chi connectivity index (χ0) is 16.9. The molecule has 0 saturated heterocycles. The monoisotopic (exact) mass is 326 g/mol. The number of rotatable bonds is 3. The molecule has 5 heteroatoms. The molecule has 3 rings (SSSR count). The van der Waals surface area contributed by atoms with Gasteiger partial charge in [-0.25, -0.2) is 4.39 Å². The molecular formula is C19H19FN2O2. The minimum atomic E-state index is -0.478. The first-order chi connectivity index (χ1) is 11.6. The van der Waals surface area contributed by atoms with Gasteiger partial charge in [-0.05, 0) is 66.6 Å². The van der Waals surface area contributed by atoms with E-state index in [1.165, 1.54) is 48.2 Å². The van der Waals surface area contributed by atoms with Crippen LogP contribution in [-0.4, -0.2) is 11.8 Å². The molecule has 0 spiro atoms. The predicted molar refractivity (Wildman–Crippen MR) is 88.8 cm³/mol. The summed E-state index contributed by atoms with van der Waals surface area (Å²) in [5.74, 6) is -1.18. The lowest BCUT2D eigenvalue weighted by Crippen LogP contribution is -2.42. The van der Waals surface area contributed by atoms with Crippen LogP contribution in [0.1, 0.15) is 39.9 Å². The molecule has 2 amide bonds. The summed E-state index contributed by atoms with van der Waals surface area (Å²) in [6.45, 7) is 0. The predicted octanol–water partition coefficient (Wildman–Crippen LogP) is 2.71. The van der Waals surface area contributed by atoms with Crippen LogP contribution >= 0.6 is 0 Å². The quantitative estimate of drug-likeness (QED) is 0.852. The summed E-state index contributed by atoms with van der Waals surface area (Å²) in [6.07, 6.45) is 4.79. The summed E-state index contributed by atoms with van der Waals surface area (Å²) < 4.78 is 12.8. The van der Waals surface area contributed by atoms with E-state index >= 15 is 0 Å². The van der Waals surface area contributed by atoms with Crippen LogP contribution in [0.5, 0.6) is 0 Å². The van der Waals surface area contributed by atoms with Crippen molar-refractivity contribution in [2.24, 2.45) is 0 Å². The van der Waals surface area contributed by atoms with E-state index in [2.05, 4.69) is 23.0 Å².